The van der Waals surface area contributed by atoms with E-state index in [1.54, 1.807) is 23.4 Å². The number of hydrogen-bond acceptors (Lipinski definition) is 4. The molecule has 3 rings (SSSR count). The van der Waals surface area contributed by atoms with Crippen LogP contribution in [0.5, 0.6) is 0 Å². The normalized spacial score (nSPS) is 12.7. The third-order valence-electron chi connectivity index (χ3n) is 4.07. The molecule has 0 saturated heterocycles. The van der Waals surface area contributed by atoms with Gasteiger partial charge in [-0.15, -0.1) is 0 Å². The molecule has 132 valence electrons. The van der Waals surface area contributed by atoms with Gasteiger partial charge in [-0.1, -0.05) is 37.3 Å². The summed E-state index contributed by atoms with van der Waals surface area (Å²) in [4.78, 5) is 24.0. The van der Waals surface area contributed by atoms with E-state index < -0.39 is 0 Å². The SMILES string of the molecule is CCC(=O)Nc1c2c(nn1CC(=O)NCCc1ccccc1)CSC2. The molecule has 1 aromatic carbocycles. The van der Waals surface area contributed by atoms with Crippen LogP contribution >= 0.6 is 11.8 Å². The lowest BCUT2D eigenvalue weighted by atomic mass is 10.1. The Morgan fingerprint density at radius 3 is 2.76 bits per heavy atom. The lowest BCUT2D eigenvalue weighted by Gasteiger charge is -2.11. The third kappa shape index (κ3) is 4.42. The van der Waals surface area contributed by atoms with E-state index >= 15 is 0 Å². The number of fused-ring (bicyclic) bond motifs is 1. The van der Waals surface area contributed by atoms with Crippen LogP contribution in [0.1, 0.15) is 30.2 Å². The van der Waals surface area contributed by atoms with Gasteiger partial charge in [0.15, 0.2) is 0 Å². The number of amides is 2. The van der Waals surface area contributed by atoms with Crippen LogP contribution in [0.4, 0.5) is 5.82 Å². The van der Waals surface area contributed by atoms with E-state index in [0.717, 1.165) is 29.2 Å². The van der Waals surface area contributed by atoms with Gasteiger partial charge in [0, 0.05) is 30.0 Å². The molecule has 1 aliphatic heterocycles. The summed E-state index contributed by atoms with van der Waals surface area (Å²) in [7, 11) is 0. The summed E-state index contributed by atoms with van der Waals surface area (Å²) >= 11 is 1.77. The number of aromatic nitrogens is 2. The van der Waals surface area contributed by atoms with Crippen LogP contribution < -0.4 is 10.6 Å². The number of nitrogens with one attached hydrogen (secondary N) is 2. The van der Waals surface area contributed by atoms with Gasteiger partial charge in [0.25, 0.3) is 0 Å². The molecule has 0 saturated carbocycles. The monoisotopic (exact) mass is 358 g/mol. The smallest absolute Gasteiger partial charge is 0.241 e. The molecule has 6 nitrogen and oxygen atoms in total. The molecule has 25 heavy (non-hydrogen) atoms. The van der Waals surface area contributed by atoms with Gasteiger partial charge in [-0.2, -0.15) is 16.9 Å². The predicted octanol–water partition coefficient (Wildman–Crippen LogP) is 2.34. The number of hydrogen-bond donors (Lipinski definition) is 2. The molecule has 0 aliphatic carbocycles. The maximum absolute atomic E-state index is 12.2. The van der Waals surface area contributed by atoms with E-state index in [-0.39, 0.29) is 18.4 Å². The maximum Gasteiger partial charge on any atom is 0.241 e. The highest BCUT2D eigenvalue weighted by molar-refractivity contribution is 7.98. The number of carbonyl (C=O) groups is 2. The minimum Gasteiger partial charge on any atom is -0.354 e. The van der Waals surface area contributed by atoms with E-state index in [4.69, 9.17) is 0 Å². The second-order valence-electron chi connectivity index (χ2n) is 5.91. The first kappa shape index (κ1) is 17.5. The standard InChI is InChI=1S/C18H22N4O2S/c1-2-16(23)20-18-14-11-25-12-15(14)21-22(18)10-17(24)19-9-8-13-6-4-3-5-7-13/h3-7H,2,8-12H2,1H3,(H,19,24)(H,20,23). The first-order chi connectivity index (χ1) is 12.2. The van der Waals surface area contributed by atoms with Gasteiger partial charge in [-0.05, 0) is 12.0 Å². The van der Waals surface area contributed by atoms with E-state index in [2.05, 4.69) is 15.7 Å². The number of carbonyl (C=O) groups excluding carboxylic acids is 2. The van der Waals surface area contributed by atoms with Crippen molar-refractivity contribution >= 4 is 29.4 Å². The largest absolute Gasteiger partial charge is 0.354 e. The Balaban J connectivity index is 1.60. The number of benzene rings is 1. The van der Waals surface area contributed by atoms with E-state index in [1.807, 2.05) is 30.3 Å². The van der Waals surface area contributed by atoms with Crippen LogP contribution in [0.2, 0.25) is 0 Å². The minimum absolute atomic E-state index is 0.0645. The fraction of sp³-hybridized carbons (Fsp3) is 0.389. The van der Waals surface area contributed by atoms with Gasteiger partial charge in [-0.25, -0.2) is 4.68 Å². The quantitative estimate of drug-likeness (QED) is 0.796. The average molecular weight is 358 g/mol. The molecule has 2 aromatic rings. The molecule has 0 spiro atoms. The van der Waals surface area contributed by atoms with Crippen molar-refractivity contribution in [3.05, 3.63) is 47.2 Å². The van der Waals surface area contributed by atoms with Gasteiger partial charge in [0.05, 0.1) is 5.69 Å². The Kier molecular flexibility index (Phi) is 5.75. The molecule has 1 aliphatic rings. The van der Waals surface area contributed by atoms with Crippen LogP contribution in [0, 0.1) is 0 Å². The molecular formula is C18H22N4O2S. The van der Waals surface area contributed by atoms with Crippen LogP contribution in [0.15, 0.2) is 30.3 Å². The summed E-state index contributed by atoms with van der Waals surface area (Å²) in [6, 6.07) is 10.0. The lowest BCUT2D eigenvalue weighted by Crippen LogP contribution is -2.30. The number of rotatable bonds is 7. The number of thioether (sulfide) groups is 1. The molecule has 0 unspecified atom stereocenters. The summed E-state index contributed by atoms with van der Waals surface area (Å²) < 4.78 is 1.62. The zero-order valence-electron chi connectivity index (χ0n) is 14.2. The predicted molar refractivity (Wildman–Crippen MR) is 99.3 cm³/mol. The van der Waals surface area contributed by atoms with E-state index in [9.17, 15) is 9.59 Å². The Bertz CT molecular complexity index is 758. The summed E-state index contributed by atoms with van der Waals surface area (Å²) in [5, 5.41) is 10.3. The Hall–Kier alpha value is -2.28. The van der Waals surface area contributed by atoms with E-state index in [0.29, 0.717) is 18.8 Å². The Labute approximate surface area is 151 Å². The van der Waals surface area contributed by atoms with Crippen molar-refractivity contribution in [2.45, 2.75) is 37.8 Å². The second-order valence-corrected chi connectivity index (χ2v) is 6.90. The van der Waals surface area contributed by atoms with Crippen molar-refractivity contribution in [3.8, 4) is 0 Å². The summed E-state index contributed by atoms with van der Waals surface area (Å²) in [6.45, 7) is 2.50. The van der Waals surface area contributed by atoms with E-state index in [1.165, 1.54) is 5.56 Å². The van der Waals surface area contributed by atoms with Crippen molar-refractivity contribution in [2.75, 3.05) is 11.9 Å². The van der Waals surface area contributed by atoms with Gasteiger partial charge in [0.2, 0.25) is 11.8 Å². The van der Waals surface area contributed by atoms with Crippen molar-refractivity contribution < 1.29 is 9.59 Å². The maximum atomic E-state index is 12.2. The number of anilines is 1. The zero-order valence-corrected chi connectivity index (χ0v) is 15.1. The highest BCUT2D eigenvalue weighted by atomic mass is 32.2. The minimum atomic E-state index is -0.100. The topological polar surface area (TPSA) is 76.0 Å². The fourth-order valence-corrected chi connectivity index (χ4v) is 3.76. The molecule has 7 heteroatoms. The summed E-state index contributed by atoms with van der Waals surface area (Å²) in [5.41, 5.74) is 3.20. The lowest BCUT2D eigenvalue weighted by molar-refractivity contribution is -0.122. The molecular weight excluding hydrogens is 336 g/mol. The van der Waals surface area contributed by atoms with Crippen LogP contribution in [0.25, 0.3) is 0 Å². The zero-order chi connectivity index (χ0) is 17.6. The molecule has 0 fully saturated rings. The molecule has 2 N–H and O–H groups in total. The fourth-order valence-electron chi connectivity index (χ4n) is 2.72. The molecule has 0 radical (unpaired) electrons. The van der Waals surface area contributed by atoms with Crippen LogP contribution in [-0.2, 0) is 34.1 Å². The molecule has 0 atom stereocenters. The van der Waals surface area contributed by atoms with Gasteiger partial charge in [-0.3, -0.25) is 9.59 Å². The molecule has 1 aromatic heterocycles. The van der Waals surface area contributed by atoms with Crippen molar-refractivity contribution in [2.24, 2.45) is 0 Å². The van der Waals surface area contributed by atoms with Gasteiger partial charge in [0.1, 0.15) is 12.4 Å². The summed E-state index contributed by atoms with van der Waals surface area (Å²) in [5.74, 6) is 2.16. The number of nitrogens with zero attached hydrogens (tertiary/aromatic N) is 2. The molecule has 0 bridgehead atoms. The van der Waals surface area contributed by atoms with Gasteiger partial charge >= 0.3 is 0 Å². The highest BCUT2D eigenvalue weighted by Crippen LogP contribution is 2.34. The summed E-state index contributed by atoms with van der Waals surface area (Å²) in [6.07, 6.45) is 1.19. The Morgan fingerprint density at radius 1 is 1.20 bits per heavy atom. The first-order valence-electron chi connectivity index (χ1n) is 8.44. The highest BCUT2D eigenvalue weighted by Gasteiger charge is 2.24. The van der Waals surface area contributed by atoms with Crippen LogP contribution in [0.3, 0.4) is 0 Å². The first-order valence-corrected chi connectivity index (χ1v) is 9.59. The van der Waals surface area contributed by atoms with Crippen molar-refractivity contribution in [1.29, 1.82) is 0 Å². The van der Waals surface area contributed by atoms with Crippen LogP contribution in [-0.4, -0.2) is 28.1 Å². The average Bonchev–Trinajstić information content (AvgIpc) is 3.18. The van der Waals surface area contributed by atoms with Gasteiger partial charge < -0.3 is 10.6 Å². The van der Waals surface area contributed by atoms with Crippen molar-refractivity contribution in [1.82, 2.24) is 15.1 Å². The third-order valence-corrected chi connectivity index (χ3v) is 5.04. The molecule has 2 heterocycles. The Morgan fingerprint density at radius 2 is 2.00 bits per heavy atom. The molecule has 2 amide bonds. The van der Waals surface area contributed by atoms with Crippen molar-refractivity contribution in [3.63, 3.8) is 0 Å². The second kappa shape index (κ2) is 8.20.